The standard InChI is InChI=1S/C14H20N4OS/c1-4-9-18-13(19)16-17-14(18)20-12-7-5-11(6-8-12)10(2)15-3/h5-8,10,15H,4,9H2,1-3H3,(H,16,19). The van der Waals surface area contributed by atoms with Crippen molar-refractivity contribution in [1.82, 2.24) is 20.1 Å². The molecule has 1 atom stereocenters. The molecule has 108 valence electrons. The Bertz CT molecular complexity index is 602. The van der Waals surface area contributed by atoms with Gasteiger partial charge in [-0.2, -0.15) is 0 Å². The van der Waals surface area contributed by atoms with Crippen molar-refractivity contribution in [3.63, 3.8) is 0 Å². The van der Waals surface area contributed by atoms with E-state index in [-0.39, 0.29) is 5.69 Å². The lowest BCUT2D eigenvalue weighted by molar-refractivity contribution is 0.604. The first-order valence-electron chi connectivity index (χ1n) is 6.76. The fourth-order valence-corrected chi connectivity index (χ4v) is 2.76. The van der Waals surface area contributed by atoms with Crippen LogP contribution in [0.4, 0.5) is 0 Å². The Balaban J connectivity index is 2.16. The molecule has 2 N–H and O–H groups in total. The smallest absolute Gasteiger partial charge is 0.313 e. The average Bonchev–Trinajstić information content (AvgIpc) is 2.81. The first-order chi connectivity index (χ1) is 9.65. The maximum absolute atomic E-state index is 11.6. The molecule has 1 unspecified atom stereocenters. The molecule has 0 radical (unpaired) electrons. The second-order valence-corrected chi connectivity index (χ2v) is 5.69. The van der Waals surface area contributed by atoms with Gasteiger partial charge >= 0.3 is 5.69 Å². The van der Waals surface area contributed by atoms with Crippen LogP contribution in [0.3, 0.4) is 0 Å². The van der Waals surface area contributed by atoms with E-state index >= 15 is 0 Å². The van der Waals surface area contributed by atoms with Crippen LogP contribution in [0.25, 0.3) is 0 Å². The quantitative estimate of drug-likeness (QED) is 0.858. The fraction of sp³-hybridized carbons (Fsp3) is 0.429. The lowest BCUT2D eigenvalue weighted by atomic mass is 10.1. The first-order valence-corrected chi connectivity index (χ1v) is 7.57. The molecular weight excluding hydrogens is 272 g/mol. The number of aromatic amines is 1. The van der Waals surface area contributed by atoms with E-state index in [0.717, 1.165) is 11.3 Å². The highest BCUT2D eigenvalue weighted by molar-refractivity contribution is 7.99. The molecule has 0 aliphatic rings. The first kappa shape index (κ1) is 14.9. The van der Waals surface area contributed by atoms with Crippen molar-refractivity contribution in [2.75, 3.05) is 7.05 Å². The summed E-state index contributed by atoms with van der Waals surface area (Å²) >= 11 is 1.50. The van der Waals surface area contributed by atoms with Crippen LogP contribution in [0.5, 0.6) is 0 Å². The molecule has 0 amide bonds. The summed E-state index contributed by atoms with van der Waals surface area (Å²) in [6, 6.07) is 8.64. The van der Waals surface area contributed by atoms with E-state index in [2.05, 4.69) is 46.7 Å². The molecule has 2 rings (SSSR count). The Morgan fingerprint density at radius 1 is 1.40 bits per heavy atom. The summed E-state index contributed by atoms with van der Waals surface area (Å²) in [6.45, 7) is 4.85. The van der Waals surface area contributed by atoms with Gasteiger partial charge in [0.1, 0.15) is 0 Å². The Kier molecular flexibility index (Phi) is 5.03. The number of H-pyrrole nitrogens is 1. The van der Waals surface area contributed by atoms with E-state index in [0.29, 0.717) is 17.7 Å². The van der Waals surface area contributed by atoms with Crippen molar-refractivity contribution in [3.05, 3.63) is 40.3 Å². The van der Waals surface area contributed by atoms with Crippen LogP contribution in [-0.4, -0.2) is 21.8 Å². The lowest BCUT2D eigenvalue weighted by Crippen LogP contribution is -2.17. The third kappa shape index (κ3) is 3.32. The van der Waals surface area contributed by atoms with Crippen molar-refractivity contribution < 1.29 is 0 Å². The molecule has 1 aromatic carbocycles. The lowest BCUT2D eigenvalue weighted by Gasteiger charge is -2.10. The Morgan fingerprint density at radius 2 is 2.10 bits per heavy atom. The minimum Gasteiger partial charge on any atom is -0.313 e. The molecule has 0 aliphatic heterocycles. The zero-order valence-electron chi connectivity index (χ0n) is 12.0. The normalized spacial score (nSPS) is 12.6. The van der Waals surface area contributed by atoms with Gasteiger partial charge in [-0.15, -0.1) is 5.10 Å². The summed E-state index contributed by atoms with van der Waals surface area (Å²) in [5.41, 5.74) is 1.10. The molecule has 20 heavy (non-hydrogen) atoms. The maximum Gasteiger partial charge on any atom is 0.343 e. The number of nitrogens with zero attached hydrogens (tertiary/aromatic N) is 2. The van der Waals surface area contributed by atoms with Crippen LogP contribution < -0.4 is 11.0 Å². The molecule has 0 saturated carbocycles. The van der Waals surface area contributed by atoms with Crippen molar-refractivity contribution in [1.29, 1.82) is 0 Å². The maximum atomic E-state index is 11.6. The van der Waals surface area contributed by atoms with Gasteiger partial charge in [-0.05, 0) is 49.9 Å². The highest BCUT2D eigenvalue weighted by atomic mass is 32.2. The number of rotatable bonds is 6. The average molecular weight is 292 g/mol. The molecule has 0 saturated heterocycles. The molecule has 0 bridgehead atoms. The fourth-order valence-electron chi connectivity index (χ4n) is 1.90. The molecule has 5 nitrogen and oxygen atoms in total. The molecular formula is C14H20N4OS. The summed E-state index contributed by atoms with van der Waals surface area (Å²) in [5.74, 6) is 0. The van der Waals surface area contributed by atoms with Gasteiger partial charge in [0.15, 0.2) is 5.16 Å². The second kappa shape index (κ2) is 6.76. The van der Waals surface area contributed by atoms with Crippen LogP contribution in [0.1, 0.15) is 31.9 Å². The molecule has 2 aromatic rings. The molecule has 6 heteroatoms. The number of hydrogen-bond acceptors (Lipinski definition) is 4. The molecule has 1 aromatic heterocycles. The monoisotopic (exact) mass is 292 g/mol. The minimum atomic E-state index is -0.144. The van der Waals surface area contributed by atoms with Crippen LogP contribution in [-0.2, 0) is 6.54 Å². The highest BCUT2D eigenvalue weighted by Gasteiger charge is 2.09. The van der Waals surface area contributed by atoms with Crippen LogP contribution in [0.2, 0.25) is 0 Å². The largest absolute Gasteiger partial charge is 0.343 e. The van der Waals surface area contributed by atoms with Crippen molar-refractivity contribution in [2.45, 2.75) is 42.9 Å². The summed E-state index contributed by atoms with van der Waals surface area (Å²) in [7, 11) is 1.94. The highest BCUT2D eigenvalue weighted by Crippen LogP contribution is 2.26. The predicted octanol–water partition coefficient (Wildman–Crippen LogP) is 2.41. The molecule has 0 spiro atoms. The van der Waals surface area contributed by atoms with Gasteiger partial charge in [0, 0.05) is 17.5 Å². The van der Waals surface area contributed by atoms with Crippen LogP contribution in [0.15, 0.2) is 39.1 Å². The number of aromatic nitrogens is 3. The van der Waals surface area contributed by atoms with Crippen molar-refractivity contribution in [3.8, 4) is 0 Å². The Morgan fingerprint density at radius 3 is 2.70 bits per heavy atom. The molecule has 0 aliphatic carbocycles. The predicted molar refractivity (Wildman–Crippen MR) is 81.2 cm³/mol. The van der Waals surface area contributed by atoms with Gasteiger partial charge in [-0.1, -0.05) is 19.1 Å². The minimum absolute atomic E-state index is 0.144. The van der Waals surface area contributed by atoms with Gasteiger partial charge < -0.3 is 5.32 Å². The summed E-state index contributed by atoms with van der Waals surface area (Å²) in [4.78, 5) is 12.7. The van der Waals surface area contributed by atoms with Gasteiger partial charge in [-0.25, -0.2) is 9.89 Å². The van der Waals surface area contributed by atoms with E-state index in [1.54, 1.807) is 4.57 Å². The Labute approximate surface area is 122 Å². The number of hydrogen-bond donors (Lipinski definition) is 2. The van der Waals surface area contributed by atoms with E-state index in [4.69, 9.17) is 0 Å². The van der Waals surface area contributed by atoms with Crippen LogP contribution in [0, 0.1) is 0 Å². The van der Waals surface area contributed by atoms with Gasteiger partial charge in [0.05, 0.1) is 0 Å². The summed E-state index contributed by atoms with van der Waals surface area (Å²) in [6.07, 6.45) is 0.908. The Hall–Kier alpha value is -1.53. The van der Waals surface area contributed by atoms with E-state index < -0.39 is 0 Å². The third-order valence-corrected chi connectivity index (χ3v) is 4.19. The number of benzene rings is 1. The van der Waals surface area contributed by atoms with Crippen LogP contribution >= 0.6 is 11.8 Å². The number of nitrogens with one attached hydrogen (secondary N) is 2. The zero-order valence-corrected chi connectivity index (χ0v) is 12.8. The zero-order chi connectivity index (χ0) is 14.5. The van der Waals surface area contributed by atoms with Crippen molar-refractivity contribution >= 4 is 11.8 Å². The van der Waals surface area contributed by atoms with E-state index in [1.165, 1.54) is 17.3 Å². The molecule has 1 heterocycles. The third-order valence-electron chi connectivity index (χ3n) is 3.19. The van der Waals surface area contributed by atoms with E-state index in [1.807, 2.05) is 14.0 Å². The molecule has 0 fully saturated rings. The summed E-state index contributed by atoms with van der Waals surface area (Å²) < 4.78 is 1.68. The summed E-state index contributed by atoms with van der Waals surface area (Å²) in [5, 5.41) is 10.5. The van der Waals surface area contributed by atoms with E-state index in [9.17, 15) is 4.79 Å². The van der Waals surface area contributed by atoms with Crippen molar-refractivity contribution in [2.24, 2.45) is 0 Å². The SMILES string of the molecule is CCCn1c(Sc2ccc(C(C)NC)cc2)n[nH]c1=O. The topological polar surface area (TPSA) is 62.7 Å². The second-order valence-electron chi connectivity index (χ2n) is 4.64. The van der Waals surface area contributed by atoms with Gasteiger partial charge in [0.2, 0.25) is 0 Å². The van der Waals surface area contributed by atoms with Gasteiger partial charge in [0.25, 0.3) is 0 Å². The van der Waals surface area contributed by atoms with Gasteiger partial charge in [-0.3, -0.25) is 4.57 Å².